The normalized spacial score (nSPS) is 15.8. The van der Waals surface area contributed by atoms with Crippen LogP contribution in [0.3, 0.4) is 0 Å². The lowest BCUT2D eigenvalue weighted by atomic mass is 9.97. The number of amides is 1. The summed E-state index contributed by atoms with van der Waals surface area (Å²) in [5.41, 5.74) is 2.21. The van der Waals surface area contributed by atoms with Crippen LogP contribution in [0.5, 0.6) is 5.75 Å². The molecule has 1 fully saturated rings. The highest BCUT2D eigenvalue weighted by Crippen LogP contribution is 2.34. The molecule has 33 heavy (non-hydrogen) atoms. The second kappa shape index (κ2) is 11.2. The third-order valence-electron chi connectivity index (χ3n) is 5.67. The fourth-order valence-electron chi connectivity index (χ4n) is 4.05. The molecule has 1 unspecified atom stereocenters. The molecule has 1 saturated heterocycles. The SMILES string of the molecule is CCOc1ccccc1CNC(=O)C1CCCN(c2nccnc2Sc2cccc(C)c2)C1. The maximum absolute atomic E-state index is 13.0. The standard InChI is InChI=1S/C26H30N4O2S/c1-3-32-23-12-5-4-9-20(23)17-29-25(31)21-10-7-15-30(18-21)24-26(28-14-13-27-24)33-22-11-6-8-19(2)16-22/h4-6,8-9,11-14,16,21H,3,7,10,15,17-18H2,1-2H3,(H,29,31). The van der Waals surface area contributed by atoms with E-state index in [1.165, 1.54) is 5.56 Å². The minimum atomic E-state index is -0.0863. The Morgan fingerprint density at radius 2 is 2.03 bits per heavy atom. The van der Waals surface area contributed by atoms with E-state index < -0.39 is 0 Å². The minimum absolute atomic E-state index is 0.0720. The highest BCUT2D eigenvalue weighted by atomic mass is 32.2. The van der Waals surface area contributed by atoms with Crippen LogP contribution in [-0.2, 0) is 11.3 Å². The Labute approximate surface area is 199 Å². The molecule has 0 saturated carbocycles. The molecule has 1 aromatic heterocycles. The molecule has 4 rings (SSSR count). The predicted octanol–water partition coefficient (Wildman–Crippen LogP) is 4.87. The van der Waals surface area contributed by atoms with E-state index in [1.54, 1.807) is 24.2 Å². The van der Waals surface area contributed by atoms with Crippen LogP contribution in [0.25, 0.3) is 0 Å². The van der Waals surface area contributed by atoms with E-state index in [4.69, 9.17) is 4.74 Å². The molecular weight excluding hydrogens is 432 g/mol. The molecule has 1 aliphatic heterocycles. The summed E-state index contributed by atoms with van der Waals surface area (Å²) < 4.78 is 5.68. The van der Waals surface area contributed by atoms with E-state index in [2.05, 4.69) is 51.4 Å². The second-order valence-electron chi connectivity index (χ2n) is 8.15. The van der Waals surface area contributed by atoms with Crippen LogP contribution in [0.4, 0.5) is 5.82 Å². The number of carbonyl (C=O) groups excluding carboxylic acids is 1. The van der Waals surface area contributed by atoms with Crippen molar-refractivity contribution in [3.63, 3.8) is 0 Å². The lowest BCUT2D eigenvalue weighted by Gasteiger charge is -2.33. The number of ether oxygens (including phenoxy) is 1. The molecule has 1 amide bonds. The Morgan fingerprint density at radius 3 is 2.88 bits per heavy atom. The maximum Gasteiger partial charge on any atom is 0.225 e. The van der Waals surface area contributed by atoms with Crippen molar-refractivity contribution in [2.45, 2.75) is 43.2 Å². The van der Waals surface area contributed by atoms with Crippen LogP contribution >= 0.6 is 11.8 Å². The number of aromatic nitrogens is 2. The third-order valence-corrected chi connectivity index (χ3v) is 6.64. The Hall–Kier alpha value is -3.06. The number of rotatable bonds is 8. The summed E-state index contributed by atoms with van der Waals surface area (Å²) in [5.74, 6) is 1.66. The lowest BCUT2D eigenvalue weighted by molar-refractivity contribution is -0.125. The molecule has 2 heterocycles. The van der Waals surface area contributed by atoms with Gasteiger partial charge in [-0.05, 0) is 44.9 Å². The number of para-hydroxylation sites is 1. The zero-order valence-corrected chi connectivity index (χ0v) is 20.0. The molecule has 3 aromatic rings. The van der Waals surface area contributed by atoms with Gasteiger partial charge in [0, 0.05) is 42.5 Å². The predicted molar refractivity (Wildman–Crippen MR) is 132 cm³/mol. The monoisotopic (exact) mass is 462 g/mol. The number of hydrogen-bond acceptors (Lipinski definition) is 6. The molecule has 0 spiro atoms. The molecule has 1 aliphatic rings. The number of piperidine rings is 1. The summed E-state index contributed by atoms with van der Waals surface area (Å²) in [5, 5.41) is 3.98. The molecule has 6 nitrogen and oxygen atoms in total. The lowest BCUT2D eigenvalue weighted by Crippen LogP contribution is -2.43. The molecular formula is C26H30N4O2S. The van der Waals surface area contributed by atoms with E-state index >= 15 is 0 Å². The Morgan fingerprint density at radius 1 is 1.18 bits per heavy atom. The number of aryl methyl sites for hydroxylation is 1. The molecule has 0 bridgehead atoms. The van der Waals surface area contributed by atoms with Crippen LogP contribution < -0.4 is 15.0 Å². The van der Waals surface area contributed by atoms with Gasteiger partial charge in [-0.2, -0.15) is 0 Å². The number of nitrogens with one attached hydrogen (secondary N) is 1. The van der Waals surface area contributed by atoms with E-state index in [9.17, 15) is 4.79 Å². The number of carbonyl (C=O) groups is 1. The van der Waals surface area contributed by atoms with E-state index in [0.717, 1.165) is 46.4 Å². The molecule has 172 valence electrons. The first-order chi connectivity index (χ1) is 16.1. The van der Waals surface area contributed by atoms with Crippen molar-refractivity contribution in [2.75, 3.05) is 24.6 Å². The van der Waals surface area contributed by atoms with Gasteiger partial charge in [0.05, 0.1) is 12.5 Å². The van der Waals surface area contributed by atoms with Crippen molar-refractivity contribution in [1.82, 2.24) is 15.3 Å². The highest BCUT2D eigenvalue weighted by Gasteiger charge is 2.28. The molecule has 0 radical (unpaired) electrons. The third kappa shape index (κ3) is 6.05. The summed E-state index contributed by atoms with van der Waals surface area (Å²) in [6, 6.07) is 16.2. The summed E-state index contributed by atoms with van der Waals surface area (Å²) in [6.45, 7) is 6.62. The highest BCUT2D eigenvalue weighted by molar-refractivity contribution is 7.99. The number of nitrogens with zero attached hydrogens (tertiary/aromatic N) is 3. The zero-order valence-electron chi connectivity index (χ0n) is 19.2. The van der Waals surface area contributed by atoms with Crippen LogP contribution in [0.1, 0.15) is 30.9 Å². The van der Waals surface area contributed by atoms with Crippen molar-refractivity contribution in [2.24, 2.45) is 5.92 Å². The number of benzene rings is 2. The van der Waals surface area contributed by atoms with Crippen molar-refractivity contribution < 1.29 is 9.53 Å². The fraction of sp³-hybridized carbons (Fsp3) is 0.346. The van der Waals surface area contributed by atoms with Gasteiger partial charge in [-0.15, -0.1) is 0 Å². The van der Waals surface area contributed by atoms with Gasteiger partial charge >= 0.3 is 0 Å². The van der Waals surface area contributed by atoms with Crippen molar-refractivity contribution in [3.8, 4) is 5.75 Å². The summed E-state index contributed by atoms with van der Waals surface area (Å²) >= 11 is 1.62. The molecule has 1 atom stereocenters. The van der Waals surface area contributed by atoms with Gasteiger partial charge in [0.1, 0.15) is 10.8 Å². The van der Waals surface area contributed by atoms with Crippen LogP contribution in [-0.4, -0.2) is 35.6 Å². The van der Waals surface area contributed by atoms with Gasteiger partial charge < -0.3 is 15.0 Å². The smallest absolute Gasteiger partial charge is 0.225 e. The van der Waals surface area contributed by atoms with Crippen LogP contribution in [0, 0.1) is 12.8 Å². The van der Waals surface area contributed by atoms with Gasteiger partial charge in [-0.25, -0.2) is 9.97 Å². The van der Waals surface area contributed by atoms with Gasteiger partial charge in [0.2, 0.25) is 5.91 Å². The van der Waals surface area contributed by atoms with Crippen LogP contribution in [0.2, 0.25) is 0 Å². The first kappa shape index (κ1) is 23.1. The van der Waals surface area contributed by atoms with Gasteiger partial charge in [0.25, 0.3) is 0 Å². The average molecular weight is 463 g/mol. The first-order valence-corrected chi connectivity index (χ1v) is 12.2. The van der Waals surface area contributed by atoms with Crippen LogP contribution in [0.15, 0.2) is 70.8 Å². The molecule has 7 heteroatoms. The van der Waals surface area contributed by atoms with E-state index in [1.807, 2.05) is 31.2 Å². The zero-order chi connectivity index (χ0) is 23.0. The summed E-state index contributed by atoms with van der Waals surface area (Å²) in [7, 11) is 0. The summed E-state index contributed by atoms with van der Waals surface area (Å²) in [4.78, 5) is 25.6. The number of anilines is 1. The van der Waals surface area contributed by atoms with Crippen molar-refractivity contribution >= 4 is 23.5 Å². The topological polar surface area (TPSA) is 67.3 Å². The molecule has 1 N–H and O–H groups in total. The van der Waals surface area contributed by atoms with Gasteiger partial charge in [-0.1, -0.05) is 47.7 Å². The fourth-order valence-corrected chi connectivity index (χ4v) is 5.06. The van der Waals surface area contributed by atoms with E-state index in [-0.39, 0.29) is 11.8 Å². The molecule has 0 aliphatic carbocycles. The van der Waals surface area contributed by atoms with Gasteiger partial charge in [-0.3, -0.25) is 4.79 Å². The second-order valence-corrected chi connectivity index (χ2v) is 9.21. The number of hydrogen-bond donors (Lipinski definition) is 1. The Kier molecular flexibility index (Phi) is 7.83. The minimum Gasteiger partial charge on any atom is -0.494 e. The first-order valence-electron chi connectivity index (χ1n) is 11.4. The largest absolute Gasteiger partial charge is 0.494 e. The maximum atomic E-state index is 13.0. The Bertz CT molecular complexity index is 1090. The average Bonchev–Trinajstić information content (AvgIpc) is 2.84. The van der Waals surface area contributed by atoms with Crippen molar-refractivity contribution in [1.29, 1.82) is 0 Å². The van der Waals surface area contributed by atoms with Crippen molar-refractivity contribution in [3.05, 3.63) is 72.1 Å². The Balaban J connectivity index is 1.42. The quantitative estimate of drug-likeness (QED) is 0.515. The molecule has 2 aromatic carbocycles. The summed E-state index contributed by atoms with van der Waals surface area (Å²) in [6.07, 6.45) is 5.27. The van der Waals surface area contributed by atoms with E-state index in [0.29, 0.717) is 19.7 Å². The van der Waals surface area contributed by atoms with Gasteiger partial charge in [0.15, 0.2) is 5.82 Å².